The number of hydrogen-bond acceptors (Lipinski definition) is 5. The quantitative estimate of drug-likeness (QED) is 0.753. The summed E-state index contributed by atoms with van der Waals surface area (Å²) in [6.07, 6.45) is 2.03. The number of ether oxygens (including phenoxy) is 1. The lowest BCUT2D eigenvalue weighted by molar-refractivity contribution is -0.149. The van der Waals surface area contributed by atoms with Crippen molar-refractivity contribution in [1.29, 1.82) is 0 Å². The molecule has 7 heteroatoms. The van der Waals surface area contributed by atoms with Crippen molar-refractivity contribution >= 4 is 27.4 Å². The Morgan fingerprint density at radius 1 is 1.13 bits per heavy atom. The lowest BCUT2D eigenvalue weighted by Gasteiger charge is -2.28. The van der Waals surface area contributed by atoms with Crippen molar-refractivity contribution < 1.29 is 22.7 Å². The number of sulfone groups is 1. The molecule has 124 valence electrons. The summed E-state index contributed by atoms with van der Waals surface area (Å²) in [5, 5.41) is 0. The molecule has 0 radical (unpaired) electrons. The molecule has 0 aromatic heterocycles. The first-order valence-electron chi connectivity index (χ1n) is 7.70. The molecule has 2 fully saturated rings. The third kappa shape index (κ3) is 3.90. The second-order valence-corrected chi connectivity index (χ2v) is 8.27. The van der Waals surface area contributed by atoms with Gasteiger partial charge >= 0.3 is 5.97 Å². The zero-order valence-corrected chi connectivity index (χ0v) is 13.5. The van der Waals surface area contributed by atoms with Crippen molar-refractivity contribution in [3.05, 3.63) is 30.3 Å². The van der Waals surface area contributed by atoms with E-state index in [1.54, 1.807) is 24.3 Å². The number of carbonyl (C=O) groups is 2. The summed E-state index contributed by atoms with van der Waals surface area (Å²) in [7, 11) is -3.12. The minimum Gasteiger partial charge on any atom is -0.455 e. The molecule has 0 bridgehead atoms. The number of nitrogens with zero attached hydrogens (tertiary/aromatic N) is 1. The first-order valence-corrected chi connectivity index (χ1v) is 9.52. The Hall–Kier alpha value is -1.89. The fraction of sp³-hybridized carbons (Fsp3) is 0.500. The van der Waals surface area contributed by atoms with Crippen LogP contribution in [0.5, 0.6) is 0 Å². The number of esters is 1. The van der Waals surface area contributed by atoms with Crippen molar-refractivity contribution in [2.24, 2.45) is 5.92 Å². The van der Waals surface area contributed by atoms with Gasteiger partial charge < -0.3 is 9.64 Å². The Bertz CT molecular complexity index is 696. The minimum absolute atomic E-state index is 0.0514. The van der Waals surface area contributed by atoms with Crippen LogP contribution in [0, 0.1) is 5.92 Å². The number of carbonyl (C=O) groups excluding carboxylic acids is 2. The van der Waals surface area contributed by atoms with E-state index < -0.39 is 15.9 Å². The van der Waals surface area contributed by atoms with E-state index in [4.69, 9.17) is 4.74 Å². The van der Waals surface area contributed by atoms with Gasteiger partial charge in [-0.25, -0.2) is 8.42 Å². The van der Waals surface area contributed by atoms with Gasteiger partial charge in [-0.2, -0.15) is 0 Å². The van der Waals surface area contributed by atoms with Crippen LogP contribution >= 0.6 is 0 Å². The Morgan fingerprint density at radius 3 is 2.39 bits per heavy atom. The summed E-state index contributed by atoms with van der Waals surface area (Å²) in [6.45, 7) is -0.346. The molecule has 3 rings (SSSR count). The highest BCUT2D eigenvalue weighted by molar-refractivity contribution is 7.91. The van der Waals surface area contributed by atoms with Crippen LogP contribution in [0.1, 0.15) is 19.3 Å². The molecule has 1 saturated heterocycles. The van der Waals surface area contributed by atoms with Crippen LogP contribution in [0.4, 0.5) is 5.69 Å². The second-order valence-electron chi connectivity index (χ2n) is 6.04. The molecule has 0 N–H and O–H groups in total. The van der Waals surface area contributed by atoms with Crippen molar-refractivity contribution in [3.63, 3.8) is 0 Å². The molecule has 1 amide bonds. The summed E-state index contributed by atoms with van der Waals surface area (Å²) in [6, 6.07) is 8.50. The highest BCUT2D eigenvalue weighted by Gasteiger charge is 2.37. The van der Waals surface area contributed by atoms with E-state index in [0.29, 0.717) is 12.1 Å². The first kappa shape index (κ1) is 16.0. The first-order chi connectivity index (χ1) is 11.0. The van der Waals surface area contributed by atoms with Gasteiger partial charge in [-0.3, -0.25) is 9.59 Å². The smallest absolute Gasteiger partial charge is 0.309 e. The van der Waals surface area contributed by atoms with E-state index in [2.05, 4.69) is 0 Å². The van der Waals surface area contributed by atoms with E-state index in [0.717, 1.165) is 12.8 Å². The van der Waals surface area contributed by atoms with Gasteiger partial charge in [-0.05, 0) is 31.4 Å². The van der Waals surface area contributed by atoms with E-state index in [1.165, 1.54) is 4.90 Å². The number of benzene rings is 1. The Kier molecular flexibility index (Phi) is 4.39. The maximum atomic E-state index is 12.5. The van der Waals surface area contributed by atoms with Gasteiger partial charge in [-0.1, -0.05) is 18.2 Å². The van der Waals surface area contributed by atoms with Crippen LogP contribution in [0.3, 0.4) is 0 Å². The molecule has 2 aliphatic rings. The maximum Gasteiger partial charge on any atom is 0.309 e. The number of para-hydroxylation sites is 1. The van der Waals surface area contributed by atoms with Crippen LogP contribution in [0.2, 0.25) is 0 Å². The van der Waals surface area contributed by atoms with Crippen LogP contribution in [-0.4, -0.2) is 44.4 Å². The average Bonchev–Trinajstić information content (AvgIpc) is 3.31. The minimum atomic E-state index is -3.12. The average molecular weight is 337 g/mol. The Morgan fingerprint density at radius 2 is 1.83 bits per heavy atom. The van der Waals surface area contributed by atoms with E-state index >= 15 is 0 Å². The summed E-state index contributed by atoms with van der Waals surface area (Å²) in [5.74, 6) is -0.766. The molecule has 1 saturated carbocycles. The molecule has 1 unspecified atom stereocenters. The Labute approximate surface area is 135 Å². The van der Waals surface area contributed by atoms with Gasteiger partial charge in [0.05, 0.1) is 23.5 Å². The monoisotopic (exact) mass is 337 g/mol. The van der Waals surface area contributed by atoms with Gasteiger partial charge in [-0.15, -0.1) is 0 Å². The van der Waals surface area contributed by atoms with Crippen LogP contribution in [0.15, 0.2) is 30.3 Å². The summed E-state index contributed by atoms with van der Waals surface area (Å²) < 4.78 is 28.5. The van der Waals surface area contributed by atoms with E-state index in [-0.39, 0.29) is 35.9 Å². The predicted octanol–water partition coefficient (Wildman–Crippen LogP) is 1.16. The van der Waals surface area contributed by atoms with E-state index in [1.807, 2.05) is 6.07 Å². The van der Waals surface area contributed by atoms with Gasteiger partial charge in [0.25, 0.3) is 5.91 Å². The largest absolute Gasteiger partial charge is 0.455 e. The van der Waals surface area contributed by atoms with Gasteiger partial charge in [0, 0.05) is 5.69 Å². The van der Waals surface area contributed by atoms with Crippen LogP contribution < -0.4 is 4.90 Å². The molecule has 1 aliphatic heterocycles. The normalized spacial score (nSPS) is 22.5. The number of hydrogen-bond donors (Lipinski definition) is 0. The molecule has 1 atom stereocenters. The molecule has 1 aromatic carbocycles. The standard InChI is InChI=1S/C16H19NO5S/c18-15(10-22-16(19)12-6-7-12)17(13-4-2-1-3-5-13)14-8-9-23(20,21)11-14/h1-5,12,14H,6-11H2. The van der Waals surface area contributed by atoms with Gasteiger partial charge in [0.1, 0.15) is 0 Å². The molecular formula is C16H19NO5S. The molecule has 23 heavy (non-hydrogen) atoms. The summed E-state index contributed by atoms with van der Waals surface area (Å²) in [5.41, 5.74) is 0.627. The van der Waals surface area contributed by atoms with Crippen LogP contribution in [0.25, 0.3) is 0 Å². The molecule has 1 aromatic rings. The molecule has 6 nitrogen and oxygen atoms in total. The molecule has 1 heterocycles. The maximum absolute atomic E-state index is 12.5. The molecule has 0 spiro atoms. The molecular weight excluding hydrogens is 318 g/mol. The number of anilines is 1. The SMILES string of the molecule is O=C(OCC(=O)N(c1ccccc1)C1CCS(=O)(=O)C1)C1CC1. The van der Waals surface area contributed by atoms with Crippen LogP contribution in [-0.2, 0) is 24.2 Å². The predicted molar refractivity (Wildman–Crippen MR) is 84.7 cm³/mol. The zero-order valence-electron chi connectivity index (χ0n) is 12.7. The van der Waals surface area contributed by atoms with Crippen molar-refractivity contribution in [2.75, 3.05) is 23.0 Å². The fourth-order valence-corrected chi connectivity index (χ4v) is 4.47. The number of rotatable bonds is 5. The number of amides is 1. The fourth-order valence-electron chi connectivity index (χ4n) is 2.77. The zero-order chi connectivity index (χ0) is 16.4. The lowest BCUT2D eigenvalue weighted by atomic mass is 10.2. The Balaban J connectivity index is 1.74. The third-order valence-electron chi connectivity index (χ3n) is 4.13. The van der Waals surface area contributed by atoms with Gasteiger partial charge in [0.15, 0.2) is 16.4 Å². The van der Waals surface area contributed by atoms with Gasteiger partial charge in [0.2, 0.25) is 0 Å². The van der Waals surface area contributed by atoms with Crippen molar-refractivity contribution in [2.45, 2.75) is 25.3 Å². The summed E-state index contributed by atoms with van der Waals surface area (Å²) >= 11 is 0. The van der Waals surface area contributed by atoms with Crippen molar-refractivity contribution in [1.82, 2.24) is 0 Å². The third-order valence-corrected chi connectivity index (χ3v) is 5.88. The van der Waals surface area contributed by atoms with Crippen molar-refractivity contribution in [3.8, 4) is 0 Å². The second kappa shape index (κ2) is 6.31. The highest BCUT2D eigenvalue weighted by atomic mass is 32.2. The highest BCUT2D eigenvalue weighted by Crippen LogP contribution is 2.30. The lowest BCUT2D eigenvalue weighted by Crippen LogP contribution is -2.43. The topological polar surface area (TPSA) is 80.8 Å². The molecule has 1 aliphatic carbocycles. The van der Waals surface area contributed by atoms with E-state index in [9.17, 15) is 18.0 Å². The summed E-state index contributed by atoms with van der Waals surface area (Å²) in [4.78, 5) is 25.6.